The number of thioether (sulfide) groups is 1. The summed E-state index contributed by atoms with van der Waals surface area (Å²) in [7, 11) is -5.50. The Kier molecular flexibility index (Phi) is 43.9. The highest BCUT2D eigenvalue weighted by atomic mass is 32.2. The maximum absolute atomic E-state index is 14.7. The van der Waals surface area contributed by atoms with Crippen molar-refractivity contribution in [2.24, 2.45) is 45.5 Å². The molecule has 3 aliphatic rings. The van der Waals surface area contributed by atoms with Crippen molar-refractivity contribution < 1.29 is 101 Å². The first-order valence-electron chi connectivity index (χ1n) is 38.8. The smallest absolute Gasteiger partial charge is 0.394 e. The number of aliphatic hydroxyl groups excluding tert-OH is 2. The van der Waals surface area contributed by atoms with Gasteiger partial charge in [-0.3, -0.25) is 76.6 Å². The summed E-state index contributed by atoms with van der Waals surface area (Å²) in [5.74, 6) is -13.5. The third-order valence-electron chi connectivity index (χ3n) is 19.0. The van der Waals surface area contributed by atoms with Crippen molar-refractivity contribution in [2.75, 3.05) is 64.0 Å². The molecule has 0 unspecified atom stereocenters. The van der Waals surface area contributed by atoms with E-state index in [1.165, 1.54) is 0 Å². The number of nitrogens with one attached hydrogen (secondary N) is 14. The van der Waals surface area contributed by atoms with Crippen LogP contribution in [-0.2, 0) is 82.6 Å². The lowest BCUT2D eigenvalue weighted by molar-refractivity contribution is -0.145. The van der Waals surface area contributed by atoms with Crippen LogP contribution >= 0.6 is 32.2 Å². The second kappa shape index (κ2) is 51.2. The summed E-state index contributed by atoms with van der Waals surface area (Å²) in [5, 5.41) is 57.0. The number of nitrogens with two attached hydrogens (primary N) is 5. The summed E-state index contributed by atoms with van der Waals surface area (Å²) < 4.78 is 17.1. The Hall–Kier alpha value is -9.01. The van der Waals surface area contributed by atoms with E-state index in [4.69, 9.17) is 33.2 Å². The Morgan fingerprint density at radius 3 is 1.66 bits per heavy atom. The Bertz CT molecular complexity index is 3550. The van der Waals surface area contributed by atoms with Crippen molar-refractivity contribution in [1.29, 1.82) is 0 Å². The fourth-order valence-electron chi connectivity index (χ4n) is 13.0. The molecule has 0 bridgehead atoms. The van der Waals surface area contributed by atoms with Gasteiger partial charge < -0.3 is 128 Å². The van der Waals surface area contributed by atoms with Gasteiger partial charge in [-0.15, -0.1) is 0 Å². The number of urea groups is 1. The highest BCUT2D eigenvalue weighted by Crippen LogP contribution is 2.39. The number of guanidine groups is 1. The number of nitrogens with zero attached hydrogens (tertiary/aromatic N) is 2. The third kappa shape index (κ3) is 35.4. The van der Waals surface area contributed by atoms with Crippen molar-refractivity contribution in [1.82, 2.24) is 79.3 Å². The quantitative estimate of drug-likeness (QED) is 0.00720. The summed E-state index contributed by atoms with van der Waals surface area (Å²) in [4.78, 5) is 229. The summed E-state index contributed by atoms with van der Waals surface area (Å²) in [6.45, 7) is 4.85. The van der Waals surface area contributed by atoms with Gasteiger partial charge in [0.25, 0.3) is 0 Å². The zero-order valence-corrected chi connectivity index (χ0v) is 68.7. The molecule has 3 heterocycles. The van der Waals surface area contributed by atoms with Gasteiger partial charge in [0.15, 0.2) is 5.96 Å². The van der Waals surface area contributed by atoms with Crippen LogP contribution < -0.4 is 103 Å². The summed E-state index contributed by atoms with van der Waals surface area (Å²) in [6.07, 6.45) is 1.95. The van der Waals surface area contributed by atoms with Crippen LogP contribution in [-0.4, -0.2) is 273 Å². The molecular weight excluding hydrogens is 1580 g/mol. The minimum Gasteiger partial charge on any atom is -0.394 e. The van der Waals surface area contributed by atoms with Crippen molar-refractivity contribution in [3.05, 3.63) is 35.9 Å². The predicted octanol–water partition coefficient (Wildman–Crippen LogP) is -6.67. The van der Waals surface area contributed by atoms with E-state index in [1.54, 1.807) is 69.8 Å². The van der Waals surface area contributed by atoms with E-state index in [0.717, 1.165) is 24.0 Å². The zero-order chi connectivity index (χ0) is 86.4. The summed E-state index contributed by atoms with van der Waals surface area (Å²) in [6, 6.07) is -8.93. The molecule has 116 heavy (non-hydrogen) atoms. The average Bonchev–Trinajstić information content (AvgIpc) is 1.63. The fraction of sp³-hybridized carbons (Fsp3) is 0.690. The van der Waals surface area contributed by atoms with Gasteiger partial charge in [-0.05, 0) is 127 Å². The number of carbonyl (C=O) groups is 15. The van der Waals surface area contributed by atoms with E-state index in [-0.39, 0.29) is 125 Å². The number of hydrogen-bond donors (Lipinski definition) is 24. The maximum atomic E-state index is 14.7. The topological polar surface area (TPSA) is 677 Å². The van der Waals surface area contributed by atoms with Crippen LogP contribution in [0, 0.1) is 11.8 Å². The second-order valence-electron chi connectivity index (χ2n) is 29.4. The first kappa shape index (κ1) is 99.3. The lowest BCUT2D eigenvalue weighted by Gasteiger charge is -2.33. The van der Waals surface area contributed by atoms with Crippen LogP contribution in [0.2, 0.25) is 0 Å². The lowest BCUT2D eigenvalue weighted by Crippen LogP contribution is -2.63. The Labute approximate surface area is 683 Å². The van der Waals surface area contributed by atoms with Crippen LogP contribution in [0.15, 0.2) is 35.3 Å². The van der Waals surface area contributed by atoms with Crippen LogP contribution in [0.4, 0.5) is 4.79 Å². The predicted molar refractivity (Wildman–Crippen MR) is 429 cm³/mol. The average molecular weight is 1700 g/mol. The van der Waals surface area contributed by atoms with Gasteiger partial charge in [-0.2, -0.15) is 24.4 Å². The molecule has 0 aromatic heterocycles. The van der Waals surface area contributed by atoms with E-state index in [9.17, 15) is 96.5 Å². The molecule has 1 aromatic rings. The minimum atomic E-state index is -5.50. The van der Waals surface area contributed by atoms with Crippen molar-refractivity contribution in [3.63, 3.8) is 0 Å². The molecule has 28 N–H and O–H groups in total. The number of aliphatic imine (C=N–C) groups is 1. The molecule has 42 nitrogen and oxygen atoms in total. The first-order chi connectivity index (χ1) is 54.9. The molecule has 1 aromatic carbocycles. The van der Waals surface area contributed by atoms with Gasteiger partial charge in [-0.25, -0.2) is 9.36 Å². The molecule has 3 saturated heterocycles. The zero-order valence-electron chi connectivity index (χ0n) is 66.1. The summed E-state index contributed by atoms with van der Waals surface area (Å²) >= 11 is 5.99. The molecule has 0 spiro atoms. The van der Waals surface area contributed by atoms with E-state index in [0.29, 0.717) is 50.6 Å². The second-order valence-corrected chi connectivity index (χ2v) is 32.3. The molecule has 45 heteroatoms. The van der Waals surface area contributed by atoms with Gasteiger partial charge in [0.05, 0.1) is 44.5 Å². The monoisotopic (exact) mass is 1700 g/mol. The third-order valence-corrected chi connectivity index (χ3v) is 21.5. The number of rotatable bonds is 54. The van der Waals surface area contributed by atoms with Gasteiger partial charge in [0.1, 0.15) is 66.5 Å². The number of fused-ring (bicyclic) bond motifs is 1. The molecule has 0 radical (unpaired) electrons. The molecular formula is C71H120N21O21PS2. The van der Waals surface area contributed by atoms with Gasteiger partial charge in [-0.1, -0.05) is 64.4 Å². The number of phosphoric ester groups is 1. The fourth-order valence-corrected chi connectivity index (χ4v) is 15.3. The van der Waals surface area contributed by atoms with Crippen molar-refractivity contribution >= 4 is 127 Å². The van der Waals surface area contributed by atoms with E-state index >= 15 is 0 Å². The standard InChI is InChI=1S/C71H120N21O21PS2/c1-38(2)29-45(83-60(99)43(21-15-27-77-70(75)76)80-56(97)33-79-55(96)32-78-54(95)24-10-9-23-53-58-51(37-116-53)89-71(109)91-58)62(101)84-46(30-39(3)4)63(102)88-50(36-115)67(106)86-49(35-94)66(105)90-57(40(5)113-114(110,111)112)69(108)92-28-16-22-52(92)68(107)87-48(34-93)65(104)85-47(31-41-17-7-6-8-18-41)64(103)82-44(20-12-14-26-73)61(100)81-42(59(74)98)19-11-13-25-72/h6-8,17-18,38-40,42-53,57-58,93-94,115H,9-16,19-37,72-73H2,1-5H3,(H2,74,98)(H,78,95)(H,79,96)(H,80,97)(H,81,100)(H,82,103)(H,83,99)(H,84,101)(H,85,104)(H,86,106)(H,87,107)(H,88,102)(H,90,105)(H4,75,76,77)(H2,89,91,109)(H2,110,111,112)/t40-,42+,43+,44+,45+,46+,47+,48+,49+,50+,51+,52+,53+,57+,58+/m1/s1. The maximum Gasteiger partial charge on any atom is 0.469 e. The first-order valence-corrected chi connectivity index (χ1v) is 42.0. The summed E-state index contributed by atoms with van der Waals surface area (Å²) in [5.41, 5.74) is 28.5. The number of primary amides is 1. The Morgan fingerprint density at radius 1 is 0.595 bits per heavy atom. The van der Waals surface area contributed by atoms with Crippen LogP contribution in [0.5, 0.6) is 0 Å². The Morgan fingerprint density at radius 2 is 1.09 bits per heavy atom. The van der Waals surface area contributed by atoms with Crippen LogP contribution in [0.25, 0.3) is 0 Å². The normalized spacial score (nSPS) is 18.5. The Balaban J connectivity index is 1.45. The molecule has 3 fully saturated rings. The number of amides is 16. The van der Waals surface area contributed by atoms with Gasteiger partial charge >= 0.3 is 13.9 Å². The molecule has 16 amide bonds. The molecule has 3 aliphatic heterocycles. The highest BCUT2D eigenvalue weighted by molar-refractivity contribution is 8.00. The van der Waals surface area contributed by atoms with Crippen molar-refractivity contribution in [2.45, 2.75) is 234 Å². The molecule has 4 rings (SSSR count). The SMILES string of the molecule is CC(C)C[C@H](NC(=O)[C@H](CCCN=C(N)N)NC(=O)CNC(=O)CNC(=O)CCCC[C@@H]1SC[C@@H]2NC(=O)N[C@@H]21)C(=O)N[C@@H](CC(C)C)C(=O)N[C@@H](CS)C(=O)N[C@@H](CO)C(=O)N[C@H](C(=O)N1CCC[C@H]1C(=O)N[C@@H](CO)C(=O)N[C@@H](Cc1ccccc1)C(=O)N[C@@H](CCCCN)C(=O)N[C@@H](CCCCN)C(N)=O)[C@@H](C)OP(=O)(O)O. The number of carbonyl (C=O) groups excluding carboxylic acids is 15. The van der Waals surface area contributed by atoms with Crippen LogP contribution in [0.1, 0.15) is 143 Å². The highest BCUT2D eigenvalue weighted by Gasteiger charge is 2.45. The molecule has 0 aliphatic carbocycles. The van der Waals surface area contributed by atoms with E-state index in [1.807, 2.05) is 0 Å². The number of unbranched alkanes of at least 4 members (excludes halogenated alkanes) is 3. The van der Waals surface area contributed by atoms with Gasteiger partial charge in [0, 0.05) is 42.7 Å². The number of benzene rings is 1. The molecule has 0 saturated carbocycles. The van der Waals surface area contributed by atoms with E-state index < -0.39 is 195 Å². The van der Waals surface area contributed by atoms with E-state index in [2.05, 4.69) is 92.1 Å². The molecule has 15 atom stereocenters. The number of likely N-dealkylation sites (tertiary alicyclic amines) is 1. The largest absolute Gasteiger partial charge is 0.469 e. The lowest BCUT2D eigenvalue weighted by atomic mass is 9.99. The van der Waals surface area contributed by atoms with Crippen LogP contribution in [0.3, 0.4) is 0 Å². The molecule has 652 valence electrons. The van der Waals surface area contributed by atoms with Gasteiger partial charge in [0.2, 0.25) is 82.7 Å². The number of phosphoric acid groups is 1. The number of thiol groups is 1. The van der Waals surface area contributed by atoms with Crippen molar-refractivity contribution in [3.8, 4) is 0 Å². The minimum absolute atomic E-state index is 0.0177. The number of hydrogen-bond acceptors (Lipinski definition) is 24. The number of aliphatic hydroxyl groups is 2.